The van der Waals surface area contributed by atoms with E-state index in [4.69, 9.17) is 10.5 Å². The highest BCUT2D eigenvalue weighted by Gasteiger charge is 2.19. The number of hydrogen-bond donors (Lipinski definition) is 1. The SMILES string of the molecule is Cc1cc(F)ccc1COc1ccc2c(c1)CC[C@@H]2N. The highest BCUT2D eigenvalue weighted by molar-refractivity contribution is 5.40. The zero-order valence-corrected chi connectivity index (χ0v) is 11.5. The van der Waals surface area contributed by atoms with E-state index in [2.05, 4.69) is 12.1 Å². The molecule has 0 saturated carbocycles. The summed E-state index contributed by atoms with van der Waals surface area (Å²) in [5.74, 6) is 0.638. The molecule has 0 saturated heterocycles. The number of rotatable bonds is 3. The van der Waals surface area contributed by atoms with Gasteiger partial charge in [0.2, 0.25) is 0 Å². The summed E-state index contributed by atoms with van der Waals surface area (Å²) in [5, 5.41) is 0. The number of hydrogen-bond acceptors (Lipinski definition) is 2. The Kier molecular flexibility index (Phi) is 3.45. The van der Waals surface area contributed by atoms with Crippen molar-refractivity contribution in [1.29, 1.82) is 0 Å². The van der Waals surface area contributed by atoms with Crippen LogP contribution in [0, 0.1) is 12.7 Å². The average Bonchev–Trinajstić information content (AvgIpc) is 2.79. The molecule has 3 heteroatoms. The van der Waals surface area contributed by atoms with Gasteiger partial charge in [-0.3, -0.25) is 0 Å². The highest BCUT2D eigenvalue weighted by Crippen LogP contribution is 2.32. The summed E-state index contributed by atoms with van der Waals surface area (Å²) in [6.07, 6.45) is 2.03. The van der Waals surface area contributed by atoms with E-state index in [9.17, 15) is 4.39 Å². The van der Waals surface area contributed by atoms with Gasteiger partial charge in [-0.2, -0.15) is 0 Å². The van der Waals surface area contributed by atoms with Crippen molar-refractivity contribution in [2.24, 2.45) is 5.73 Å². The lowest BCUT2D eigenvalue weighted by Gasteiger charge is -2.11. The van der Waals surface area contributed by atoms with Crippen LogP contribution in [0.15, 0.2) is 36.4 Å². The number of halogens is 1. The first-order valence-electron chi connectivity index (χ1n) is 6.90. The smallest absolute Gasteiger partial charge is 0.123 e. The summed E-state index contributed by atoms with van der Waals surface area (Å²) in [6, 6.07) is 11.0. The Morgan fingerprint density at radius 2 is 2.10 bits per heavy atom. The fourth-order valence-electron chi connectivity index (χ4n) is 2.70. The van der Waals surface area contributed by atoms with Crippen LogP contribution >= 0.6 is 0 Å². The van der Waals surface area contributed by atoms with Gasteiger partial charge in [0.25, 0.3) is 0 Å². The third-order valence-electron chi connectivity index (χ3n) is 3.94. The maximum Gasteiger partial charge on any atom is 0.123 e. The van der Waals surface area contributed by atoms with Crippen LogP contribution in [0.2, 0.25) is 0 Å². The van der Waals surface area contributed by atoms with Crippen LogP contribution in [0.4, 0.5) is 4.39 Å². The standard InChI is InChI=1S/C17H18FNO/c1-11-8-14(18)4-2-13(11)10-20-15-5-6-16-12(9-15)3-7-17(16)19/h2,4-6,8-9,17H,3,7,10,19H2,1H3/t17-/m0/s1. The van der Waals surface area contributed by atoms with Crippen molar-refractivity contribution in [3.63, 3.8) is 0 Å². The van der Waals surface area contributed by atoms with Gasteiger partial charge >= 0.3 is 0 Å². The molecule has 0 radical (unpaired) electrons. The van der Waals surface area contributed by atoms with Gasteiger partial charge < -0.3 is 10.5 Å². The quantitative estimate of drug-likeness (QED) is 0.924. The molecule has 2 aromatic rings. The fraction of sp³-hybridized carbons (Fsp3) is 0.294. The summed E-state index contributed by atoms with van der Waals surface area (Å²) in [7, 11) is 0. The third-order valence-corrected chi connectivity index (χ3v) is 3.94. The predicted octanol–water partition coefficient (Wildman–Crippen LogP) is 3.66. The molecular weight excluding hydrogens is 253 g/mol. The number of ether oxygens (including phenoxy) is 1. The Hall–Kier alpha value is -1.87. The topological polar surface area (TPSA) is 35.2 Å². The molecule has 0 aliphatic heterocycles. The van der Waals surface area contributed by atoms with Crippen molar-refractivity contribution in [2.75, 3.05) is 0 Å². The van der Waals surface area contributed by atoms with E-state index in [0.29, 0.717) is 6.61 Å². The van der Waals surface area contributed by atoms with E-state index >= 15 is 0 Å². The summed E-state index contributed by atoms with van der Waals surface area (Å²) < 4.78 is 18.9. The highest BCUT2D eigenvalue weighted by atomic mass is 19.1. The van der Waals surface area contributed by atoms with Crippen molar-refractivity contribution < 1.29 is 9.13 Å². The molecule has 20 heavy (non-hydrogen) atoms. The molecule has 104 valence electrons. The largest absolute Gasteiger partial charge is 0.489 e. The zero-order valence-electron chi connectivity index (χ0n) is 11.5. The molecule has 3 rings (SSSR count). The Morgan fingerprint density at radius 3 is 2.90 bits per heavy atom. The second-order valence-corrected chi connectivity index (χ2v) is 5.37. The van der Waals surface area contributed by atoms with E-state index in [-0.39, 0.29) is 11.9 Å². The summed E-state index contributed by atoms with van der Waals surface area (Å²) in [6.45, 7) is 2.35. The van der Waals surface area contributed by atoms with Crippen molar-refractivity contribution in [3.05, 3.63) is 64.5 Å². The fourth-order valence-corrected chi connectivity index (χ4v) is 2.70. The number of aryl methyl sites for hydroxylation is 2. The second kappa shape index (κ2) is 5.25. The Labute approximate surface area is 118 Å². The van der Waals surface area contributed by atoms with Crippen molar-refractivity contribution >= 4 is 0 Å². The van der Waals surface area contributed by atoms with Gasteiger partial charge in [0.05, 0.1) is 0 Å². The van der Waals surface area contributed by atoms with Crippen LogP contribution in [0.1, 0.15) is 34.7 Å². The Balaban J connectivity index is 1.73. The van der Waals surface area contributed by atoms with E-state index in [1.807, 2.05) is 13.0 Å². The van der Waals surface area contributed by atoms with Crippen molar-refractivity contribution in [3.8, 4) is 5.75 Å². The molecule has 0 bridgehead atoms. The van der Waals surface area contributed by atoms with Crippen molar-refractivity contribution in [1.82, 2.24) is 0 Å². The van der Waals surface area contributed by atoms with Crippen LogP contribution in [0.3, 0.4) is 0 Å². The maximum absolute atomic E-state index is 13.0. The van der Waals surface area contributed by atoms with Gasteiger partial charge in [0.1, 0.15) is 18.2 Å². The third kappa shape index (κ3) is 2.54. The number of nitrogens with two attached hydrogens (primary N) is 1. The first kappa shape index (κ1) is 13.1. The lowest BCUT2D eigenvalue weighted by Crippen LogP contribution is -2.05. The van der Waals surface area contributed by atoms with Gasteiger partial charge in [-0.15, -0.1) is 0 Å². The second-order valence-electron chi connectivity index (χ2n) is 5.37. The van der Waals surface area contributed by atoms with E-state index in [1.54, 1.807) is 6.07 Å². The van der Waals surface area contributed by atoms with Crippen LogP contribution in [-0.2, 0) is 13.0 Å². The Morgan fingerprint density at radius 1 is 1.25 bits per heavy atom. The molecule has 2 nitrogen and oxygen atoms in total. The van der Waals surface area contributed by atoms with Crippen LogP contribution in [-0.4, -0.2) is 0 Å². The molecule has 0 fully saturated rings. The van der Waals surface area contributed by atoms with Crippen LogP contribution < -0.4 is 10.5 Å². The summed E-state index contributed by atoms with van der Waals surface area (Å²) in [4.78, 5) is 0. The van der Waals surface area contributed by atoms with Gasteiger partial charge in [-0.1, -0.05) is 12.1 Å². The average molecular weight is 271 g/mol. The Bertz CT molecular complexity index is 639. The molecule has 0 aromatic heterocycles. The first-order chi connectivity index (χ1) is 9.63. The molecule has 1 aliphatic carbocycles. The molecule has 0 amide bonds. The number of fused-ring (bicyclic) bond motifs is 1. The van der Waals surface area contributed by atoms with E-state index in [0.717, 1.165) is 29.7 Å². The molecule has 0 unspecified atom stereocenters. The lowest BCUT2D eigenvalue weighted by atomic mass is 10.1. The maximum atomic E-state index is 13.0. The normalized spacial score (nSPS) is 17.1. The zero-order chi connectivity index (χ0) is 14.1. The predicted molar refractivity (Wildman–Crippen MR) is 77.2 cm³/mol. The molecule has 2 N–H and O–H groups in total. The monoisotopic (exact) mass is 271 g/mol. The van der Waals surface area contributed by atoms with E-state index in [1.165, 1.54) is 23.3 Å². The van der Waals surface area contributed by atoms with Gasteiger partial charge in [0, 0.05) is 6.04 Å². The van der Waals surface area contributed by atoms with Gasteiger partial charge in [0.15, 0.2) is 0 Å². The molecule has 0 heterocycles. The van der Waals surface area contributed by atoms with Gasteiger partial charge in [-0.05, 0) is 66.3 Å². The van der Waals surface area contributed by atoms with Gasteiger partial charge in [-0.25, -0.2) is 4.39 Å². The molecule has 1 atom stereocenters. The van der Waals surface area contributed by atoms with Crippen molar-refractivity contribution in [2.45, 2.75) is 32.4 Å². The van der Waals surface area contributed by atoms with E-state index < -0.39 is 0 Å². The molecular formula is C17H18FNO. The minimum atomic E-state index is -0.210. The molecule has 0 spiro atoms. The minimum Gasteiger partial charge on any atom is -0.489 e. The first-order valence-corrected chi connectivity index (χ1v) is 6.90. The van der Waals surface area contributed by atoms with Crippen LogP contribution in [0.5, 0.6) is 5.75 Å². The number of benzene rings is 2. The van der Waals surface area contributed by atoms with Crippen LogP contribution in [0.25, 0.3) is 0 Å². The molecule has 1 aliphatic rings. The molecule has 2 aromatic carbocycles. The summed E-state index contributed by atoms with van der Waals surface area (Å²) in [5.41, 5.74) is 10.4. The summed E-state index contributed by atoms with van der Waals surface area (Å²) >= 11 is 0. The minimum absolute atomic E-state index is 0.165. The lowest BCUT2D eigenvalue weighted by molar-refractivity contribution is 0.305.